The largest absolute Gasteiger partial charge is 0.492 e. The number of hydrogen-bond acceptors (Lipinski definition) is 5. The van der Waals surface area contributed by atoms with Crippen LogP contribution in [0.15, 0.2) is 72.8 Å². The van der Waals surface area contributed by atoms with Gasteiger partial charge in [-0.25, -0.2) is 0 Å². The first-order valence-electron chi connectivity index (χ1n) is 10.8. The highest BCUT2D eigenvalue weighted by atomic mass is 35.5. The van der Waals surface area contributed by atoms with Crippen molar-refractivity contribution >= 4 is 11.6 Å². The van der Waals surface area contributed by atoms with Gasteiger partial charge in [-0.3, -0.25) is 0 Å². The van der Waals surface area contributed by atoms with Crippen LogP contribution in [0.2, 0.25) is 5.02 Å². The fourth-order valence-corrected chi connectivity index (χ4v) is 5.40. The molecule has 0 amide bonds. The highest BCUT2D eigenvalue weighted by Gasteiger charge is 2.72. The van der Waals surface area contributed by atoms with Gasteiger partial charge in [-0.15, -0.1) is 0 Å². The van der Waals surface area contributed by atoms with E-state index in [1.807, 2.05) is 55.6 Å². The zero-order valence-electron chi connectivity index (χ0n) is 17.8. The Morgan fingerprint density at radius 2 is 1.84 bits per heavy atom. The average Bonchev–Trinajstić information content (AvgIpc) is 3.20. The van der Waals surface area contributed by atoms with Gasteiger partial charge in [0.1, 0.15) is 18.1 Å². The Morgan fingerprint density at radius 3 is 2.56 bits per heavy atom. The van der Waals surface area contributed by atoms with Crippen LogP contribution in [0.25, 0.3) is 0 Å². The summed E-state index contributed by atoms with van der Waals surface area (Å²) in [5, 5.41) is 27.1. The SMILES string of the molecule is CNCCOc1ccc2c(c1)OC1(c3ccc(Cl)cc3)C(c3ccccc3)CC(O)C21O. The molecule has 1 aliphatic carbocycles. The maximum Gasteiger partial charge on any atom is 0.176 e. The molecular weight excluding hydrogens is 426 g/mol. The van der Waals surface area contributed by atoms with Crippen molar-refractivity contribution in [2.24, 2.45) is 0 Å². The van der Waals surface area contributed by atoms with Gasteiger partial charge in [-0.1, -0.05) is 54.1 Å². The molecule has 1 aliphatic heterocycles. The molecule has 5 rings (SSSR count). The van der Waals surface area contributed by atoms with Crippen molar-refractivity contribution in [1.29, 1.82) is 0 Å². The predicted molar refractivity (Wildman–Crippen MR) is 123 cm³/mol. The smallest absolute Gasteiger partial charge is 0.176 e. The Labute approximate surface area is 192 Å². The van der Waals surface area contributed by atoms with Crippen LogP contribution < -0.4 is 14.8 Å². The summed E-state index contributed by atoms with van der Waals surface area (Å²) in [6.07, 6.45) is -0.649. The monoisotopic (exact) mass is 451 g/mol. The fraction of sp³-hybridized carbons (Fsp3) is 0.308. The summed E-state index contributed by atoms with van der Waals surface area (Å²) in [4.78, 5) is 0. The molecule has 0 radical (unpaired) electrons. The van der Waals surface area contributed by atoms with Crippen molar-refractivity contribution in [3.8, 4) is 11.5 Å². The van der Waals surface area contributed by atoms with Crippen LogP contribution in [-0.4, -0.2) is 36.5 Å². The van der Waals surface area contributed by atoms with E-state index in [2.05, 4.69) is 5.32 Å². The minimum atomic E-state index is -1.62. The third kappa shape index (κ3) is 3.04. The number of rotatable bonds is 6. The summed E-state index contributed by atoms with van der Waals surface area (Å²) in [5.74, 6) is 0.898. The molecule has 0 aromatic heterocycles. The van der Waals surface area contributed by atoms with Gasteiger partial charge in [0.2, 0.25) is 0 Å². The van der Waals surface area contributed by atoms with Crippen molar-refractivity contribution in [3.63, 3.8) is 0 Å². The van der Waals surface area contributed by atoms with Crippen LogP contribution in [0.3, 0.4) is 0 Å². The number of benzene rings is 3. The molecule has 3 aromatic carbocycles. The molecule has 166 valence electrons. The normalized spacial score (nSPS) is 28.1. The van der Waals surface area contributed by atoms with Gasteiger partial charge < -0.3 is 25.0 Å². The fourth-order valence-electron chi connectivity index (χ4n) is 5.27. The van der Waals surface area contributed by atoms with Gasteiger partial charge in [-0.05, 0) is 48.9 Å². The number of fused-ring (bicyclic) bond motifs is 3. The van der Waals surface area contributed by atoms with Crippen LogP contribution in [0, 0.1) is 0 Å². The van der Waals surface area contributed by atoms with Gasteiger partial charge in [0.15, 0.2) is 11.2 Å². The Hall–Kier alpha value is -2.57. The van der Waals surface area contributed by atoms with Crippen molar-refractivity contribution in [2.75, 3.05) is 20.2 Å². The molecule has 0 spiro atoms. The van der Waals surface area contributed by atoms with Gasteiger partial charge >= 0.3 is 0 Å². The molecule has 0 saturated heterocycles. The van der Waals surface area contributed by atoms with Crippen molar-refractivity contribution in [2.45, 2.75) is 29.6 Å². The number of ether oxygens (including phenoxy) is 2. The molecule has 3 N–H and O–H groups in total. The molecule has 4 atom stereocenters. The van der Waals surface area contributed by atoms with E-state index in [0.29, 0.717) is 41.7 Å². The Morgan fingerprint density at radius 1 is 1.09 bits per heavy atom. The highest BCUT2D eigenvalue weighted by Crippen LogP contribution is 2.66. The third-order valence-electron chi connectivity index (χ3n) is 6.73. The molecule has 3 aromatic rings. The van der Waals surface area contributed by atoms with Gasteiger partial charge in [0.05, 0.1) is 6.10 Å². The number of halogens is 1. The lowest BCUT2D eigenvalue weighted by molar-refractivity contribution is -0.149. The number of aliphatic hydroxyl groups excluding tert-OH is 1. The number of nitrogens with one attached hydrogen (secondary N) is 1. The Bertz CT molecular complexity index is 1110. The zero-order valence-corrected chi connectivity index (χ0v) is 18.5. The van der Waals surface area contributed by atoms with Crippen LogP contribution in [0.5, 0.6) is 11.5 Å². The molecular formula is C26H26ClNO4. The maximum atomic E-state index is 12.2. The van der Waals surface area contributed by atoms with E-state index in [9.17, 15) is 10.2 Å². The maximum absolute atomic E-state index is 12.2. The van der Waals surface area contributed by atoms with Gasteiger partial charge in [0, 0.05) is 29.1 Å². The third-order valence-corrected chi connectivity index (χ3v) is 6.98. The first-order valence-corrected chi connectivity index (χ1v) is 11.2. The molecule has 4 unspecified atom stereocenters. The first kappa shape index (κ1) is 21.3. The summed E-state index contributed by atoms with van der Waals surface area (Å²) >= 11 is 6.17. The minimum Gasteiger partial charge on any atom is -0.492 e. The standard InChI is InChI=1S/C26H26ClNO4/c1-28-13-14-31-20-11-12-21-23(15-20)32-26(18-7-9-19(27)10-8-18)22(16-24(29)25(21,26)30)17-5-3-2-4-6-17/h2-12,15,22,24,28-30H,13-14,16H2,1H3. The molecule has 0 bridgehead atoms. The second-order valence-electron chi connectivity index (χ2n) is 8.44. The van der Waals surface area contributed by atoms with Gasteiger partial charge in [-0.2, -0.15) is 0 Å². The first-order chi connectivity index (χ1) is 15.5. The summed E-state index contributed by atoms with van der Waals surface area (Å²) in [6, 6.07) is 22.6. The van der Waals surface area contributed by atoms with E-state index >= 15 is 0 Å². The van der Waals surface area contributed by atoms with Crippen molar-refractivity contribution in [1.82, 2.24) is 5.32 Å². The number of aliphatic hydroxyl groups is 2. The molecule has 2 aliphatic rings. The van der Waals surface area contributed by atoms with E-state index in [1.165, 1.54) is 0 Å². The van der Waals surface area contributed by atoms with E-state index in [-0.39, 0.29) is 5.92 Å². The van der Waals surface area contributed by atoms with E-state index in [4.69, 9.17) is 21.1 Å². The second kappa shape index (κ2) is 8.09. The second-order valence-corrected chi connectivity index (χ2v) is 8.87. The van der Waals surface area contributed by atoms with Crippen molar-refractivity contribution in [3.05, 3.63) is 94.5 Å². The van der Waals surface area contributed by atoms with Crippen LogP contribution in [0.4, 0.5) is 0 Å². The topological polar surface area (TPSA) is 71.0 Å². The van der Waals surface area contributed by atoms with Crippen molar-refractivity contribution < 1.29 is 19.7 Å². The Balaban J connectivity index is 1.67. The Kier molecular flexibility index (Phi) is 5.38. The summed E-state index contributed by atoms with van der Waals surface area (Å²) < 4.78 is 12.5. The number of likely N-dealkylation sites (N-methyl/N-ethyl adjacent to an activating group) is 1. The molecule has 1 saturated carbocycles. The predicted octanol–water partition coefficient (Wildman–Crippen LogP) is 3.96. The number of hydrogen-bond donors (Lipinski definition) is 3. The van der Waals surface area contributed by atoms with Crippen LogP contribution >= 0.6 is 11.6 Å². The lowest BCUT2D eigenvalue weighted by atomic mass is 9.71. The minimum absolute atomic E-state index is 0.272. The molecule has 1 heterocycles. The summed E-state index contributed by atoms with van der Waals surface area (Å²) in [5.41, 5.74) is -0.497. The summed E-state index contributed by atoms with van der Waals surface area (Å²) in [6.45, 7) is 1.22. The highest BCUT2D eigenvalue weighted by molar-refractivity contribution is 6.30. The summed E-state index contributed by atoms with van der Waals surface area (Å²) in [7, 11) is 1.87. The lowest BCUT2D eigenvalue weighted by Gasteiger charge is -2.40. The quantitative estimate of drug-likeness (QED) is 0.495. The lowest BCUT2D eigenvalue weighted by Crippen LogP contribution is -2.51. The molecule has 5 nitrogen and oxygen atoms in total. The average molecular weight is 452 g/mol. The van der Waals surface area contributed by atoms with Crippen LogP contribution in [-0.2, 0) is 11.2 Å². The molecule has 32 heavy (non-hydrogen) atoms. The molecule has 1 fully saturated rings. The van der Waals surface area contributed by atoms with Gasteiger partial charge in [0.25, 0.3) is 0 Å². The van der Waals surface area contributed by atoms with E-state index < -0.39 is 17.3 Å². The van der Waals surface area contributed by atoms with Crippen LogP contribution in [0.1, 0.15) is 29.0 Å². The van der Waals surface area contributed by atoms with E-state index in [1.54, 1.807) is 24.3 Å². The van der Waals surface area contributed by atoms with E-state index in [0.717, 1.165) is 11.1 Å². The zero-order chi connectivity index (χ0) is 22.3. The molecule has 6 heteroatoms.